The number of carbonyl (C=O) groups is 1. The van der Waals surface area contributed by atoms with E-state index < -0.39 is 0 Å². The van der Waals surface area contributed by atoms with Crippen molar-refractivity contribution in [1.29, 1.82) is 0 Å². The van der Waals surface area contributed by atoms with Crippen molar-refractivity contribution in [3.05, 3.63) is 35.4 Å². The summed E-state index contributed by atoms with van der Waals surface area (Å²) >= 11 is 1.47. The minimum atomic E-state index is -0.151. The zero-order valence-electron chi connectivity index (χ0n) is 15.3. The molecular weight excluding hydrogens is 352 g/mol. The molecule has 0 atom stereocenters. The van der Waals surface area contributed by atoms with Crippen LogP contribution in [0.3, 0.4) is 0 Å². The molecule has 2 aromatic heterocycles. The largest absolute Gasteiger partial charge is 0.455 e. The van der Waals surface area contributed by atoms with Crippen LogP contribution in [-0.2, 0) is 17.1 Å². The summed E-state index contributed by atoms with van der Waals surface area (Å²) in [6.07, 6.45) is 2.41. The van der Waals surface area contributed by atoms with Crippen LogP contribution in [0.1, 0.15) is 34.9 Å². The predicted octanol–water partition coefficient (Wildman–Crippen LogP) is 2.71. The van der Waals surface area contributed by atoms with E-state index in [1.54, 1.807) is 13.2 Å². The number of furan rings is 1. The number of amides is 1. The van der Waals surface area contributed by atoms with Gasteiger partial charge in [0.05, 0.1) is 18.1 Å². The Kier molecular flexibility index (Phi) is 6.16. The molecule has 0 bridgehead atoms. The molecule has 1 N–H and O–H groups in total. The number of methoxy groups -OCH3 is 1. The van der Waals surface area contributed by atoms with Crippen LogP contribution in [0.4, 0.5) is 5.82 Å². The van der Waals surface area contributed by atoms with Gasteiger partial charge in [-0.2, -0.15) is 0 Å². The highest BCUT2D eigenvalue weighted by molar-refractivity contribution is 7.98. The molecule has 1 aliphatic rings. The number of nitrogens with one attached hydrogen (secondary N) is 1. The second-order valence-electron chi connectivity index (χ2n) is 6.54. The average Bonchev–Trinajstić information content (AvgIpc) is 3.33. The third-order valence-electron chi connectivity index (χ3n) is 3.97. The summed E-state index contributed by atoms with van der Waals surface area (Å²) in [5.41, 5.74) is 0.827. The lowest BCUT2D eigenvalue weighted by Crippen LogP contribution is -2.24. The number of rotatable bonds is 9. The van der Waals surface area contributed by atoms with Crippen molar-refractivity contribution in [2.24, 2.45) is 5.92 Å². The highest BCUT2D eigenvalue weighted by Crippen LogP contribution is 2.28. The summed E-state index contributed by atoms with van der Waals surface area (Å²) in [5, 5.41) is 3.56. The van der Waals surface area contributed by atoms with Crippen LogP contribution in [0.5, 0.6) is 0 Å². The Morgan fingerprint density at radius 2 is 2.19 bits per heavy atom. The highest BCUT2D eigenvalue weighted by atomic mass is 32.2. The molecule has 1 fully saturated rings. The second-order valence-corrected chi connectivity index (χ2v) is 7.48. The molecule has 3 rings (SSSR count). The first kappa shape index (κ1) is 18.7. The van der Waals surface area contributed by atoms with Crippen molar-refractivity contribution in [3.8, 4) is 0 Å². The average molecular weight is 376 g/mol. The van der Waals surface area contributed by atoms with E-state index >= 15 is 0 Å². The third-order valence-corrected chi connectivity index (χ3v) is 4.84. The maximum atomic E-state index is 12.0. The molecule has 0 spiro atoms. The molecule has 2 heterocycles. The van der Waals surface area contributed by atoms with E-state index in [1.165, 1.54) is 24.6 Å². The summed E-state index contributed by atoms with van der Waals surface area (Å²) in [4.78, 5) is 23.0. The lowest BCUT2D eigenvalue weighted by atomic mass is 10.4. The van der Waals surface area contributed by atoms with Gasteiger partial charge in [-0.05, 0) is 30.9 Å². The Balaban J connectivity index is 1.60. The molecule has 26 heavy (non-hydrogen) atoms. The molecule has 1 amide bonds. The van der Waals surface area contributed by atoms with Crippen molar-refractivity contribution >= 4 is 23.5 Å². The number of thioether (sulfide) groups is 1. The van der Waals surface area contributed by atoms with Crippen LogP contribution in [0.15, 0.2) is 27.8 Å². The molecule has 8 heteroatoms. The van der Waals surface area contributed by atoms with E-state index in [2.05, 4.69) is 15.3 Å². The van der Waals surface area contributed by atoms with Gasteiger partial charge in [-0.15, -0.1) is 0 Å². The van der Waals surface area contributed by atoms with Gasteiger partial charge in [0.25, 0.3) is 5.91 Å². The SMILES string of the molecule is COCc1cc(N(C)C)nc(SCc2ccc(C(=O)NCC3CC3)o2)n1. The summed E-state index contributed by atoms with van der Waals surface area (Å²) in [6, 6.07) is 5.44. The smallest absolute Gasteiger partial charge is 0.287 e. The Morgan fingerprint density at radius 1 is 1.38 bits per heavy atom. The van der Waals surface area contributed by atoms with Gasteiger partial charge in [0.1, 0.15) is 11.6 Å². The summed E-state index contributed by atoms with van der Waals surface area (Å²) in [5.74, 6) is 2.95. The first-order valence-electron chi connectivity index (χ1n) is 8.59. The standard InChI is InChI=1S/C18H24N4O3S/c1-22(2)16-8-13(10-24-3)20-18(21-16)26-11-14-6-7-15(25-14)17(23)19-9-12-4-5-12/h6-8,12H,4-5,9-11H2,1-3H3,(H,19,23). The van der Waals surface area contributed by atoms with Crippen LogP contribution in [0.2, 0.25) is 0 Å². The maximum Gasteiger partial charge on any atom is 0.287 e. The number of nitrogens with zero attached hydrogens (tertiary/aromatic N) is 3. The molecule has 7 nitrogen and oxygen atoms in total. The van der Waals surface area contributed by atoms with Gasteiger partial charge in [-0.1, -0.05) is 11.8 Å². The molecular formula is C18H24N4O3S. The van der Waals surface area contributed by atoms with E-state index in [0.29, 0.717) is 29.2 Å². The Morgan fingerprint density at radius 3 is 2.88 bits per heavy atom. The molecule has 0 aliphatic heterocycles. The van der Waals surface area contributed by atoms with Gasteiger partial charge >= 0.3 is 0 Å². The number of anilines is 1. The van der Waals surface area contributed by atoms with Crippen LogP contribution in [0, 0.1) is 5.92 Å². The number of hydrogen-bond donors (Lipinski definition) is 1. The van der Waals surface area contributed by atoms with E-state index in [9.17, 15) is 4.79 Å². The summed E-state index contributed by atoms with van der Waals surface area (Å²) in [6.45, 7) is 1.17. The van der Waals surface area contributed by atoms with Crippen LogP contribution in [0.25, 0.3) is 0 Å². The quantitative estimate of drug-likeness (QED) is 0.532. The lowest BCUT2D eigenvalue weighted by molar-refractivity contribution is 0.0922. The number of hydrogen-bond acceptors (Lipinski definition) is 7. The number of carbonyl (C=O) groups excluding carboxylic acids is 1. The zero-order valence-corrected chi connectivity index (χ0v) is 16.1. The maximum absolute atomic E-state index is 12.0. The molecule has 0 saturated heterocycles. The number of aromatic nitrogens is 2. The first-order valence-corrected chi connectivity index (χ1v) is 9.57. The van der Waals surface area contributed by atoms with Crippen LogP contribution >= 0.6 is 11.8 Å². The molecule has 0 unspecified atom stereocenters. The predicted molar refractivity (Wildman–Crippen MR) is 100 cm³/mol. The summed E-state index contributed by atoms with van der Waals surface area (Å²) < 4.78 is 10.8. The minimum Gasteiger partial charge on any atom is -0.455 e. The fourth-order valence-corrected chi connectivity index (χ4v) is 3.10. The van der Waals surface area contributed by atoms with Gasteiger partial charge in [-0.25, -0.2) is 9.97 Å². The third kappa shape index (κ3) is 5.22. The van der Waals surface area contributed by atoms with E-state index in [4.69, 9.17) is 9.15 Å². The van der Waals surface area contributed by atoms with Gasteiger partial charge in [0.2, 0.25) is 0 Å². The van der Waals surface area contributed by atoms with E-state index in [1.807, 2.05) is 31.1 Å². The van der Waals surface area contributed by atoms with Gasteiger partial charge in [0, 0.05) is 33.8 Å². The van der Waals surface area contributed by atoms with Crippen molar-refractivity contribution in [2.45, 2.75) is 30.4 Å². The molecule has 2 aromatic rings. The van der Waals surface area contributed by atoms with E-state index in [0.717, 1.165) is 23.8 Å². The van der Waals surface area contributed by atoms with Gasteiger partial charge in [0.15, 0.2) is 10.9 Å². The Hall–Kier alpha value is -2.06. The Bertz CT molecular complexity index is 759. The molecule has 0 aromatic carbocycles. The van der Waals surface area contributed by atoms with Crippen molar-refractivity contribution in [3.63, 3.8) is 0 Å². The topological polar surface area (TPSA) is 80.5 Å². The normalized spacial score (nSPS) is 13.7. The lowest BCUT2D eigenvalue weighted by Gasteiger charge is -2.13. The highest BCUT2D eigenvalue weighted by Gasteiger charge is 2.22. The second kappa shape index (κ2) is 8.55. The zero-order chi connectivity index (χ0) is 18.5. The fraction of sp³-hybridized carbons (Fsp3) is 0.500. The number of ether oxygens (including phenoxy) is 1. The van der Waals surface area contributed by atoms with Crippen molar-refractivity contribution < 1.29 is 13.9 Å². The van der Waals surface area contributed by atoms with E-state index in [-0.39, 0.29) is 5.91 Å². The minimum absolute atomic E-state index is 0.151. The van der Waals surface area contributed by atoms with Gasteiger partial charge < -0.3 is 19.4 Å². The summed E-state index contributed by atoms with van der Waals surface area (Å²) in [7, 11) is 5.52. The van der Waals surface area contributed by atoms with Crippen molar-refractivity contribution in [1.82, 2.24) is 15.3 Å². The molecule has 140 valence electrons. The van der Waals surface area contributed by atoms with Gasteiger partial charge in [-0.3, -0.25) is 4.79 Å². The van der Waals surface area contributed by atoms with Crippen molar-refractivity contribution in [2.75, 3.05) is 32.6 Å². The molecule has 1 saturated carbocycles. The molecule has 1 aliphatic carbocycles. The monoisotopic (exact) mass is 376 g/mol. The first-order chi connectivity index (χ1) is 12.5. The fourth-order valence-electron chi connectivity index (χ4n) is 2.33. The Labute approximate surface area is 157 Å². The molecule has 0 radical (unpaired) electrons. The van der Waals surface area contributed by atoms with Crippen LogP contribution < -0.4 is 10.2 Å². The van der Waals surface area contributed by atoms with Crippen LogP contribution in [-0.4, -0.2) is 43.6 Å².